The summed E-state index contributed by atoms with van der Waals surface area (Å²) in [5.41, 5.74) is 4.70. The van der Waals surface area contributed by atoms with Crippen LogP contribution in [0.25, 0.3) is 28.1 Å². The van der Waals surface area contributed by atoms with Crippen molar-refractivity contribution in [2.75, 3.05) is 11.9 Å². The van der Waals surface area contributed by atoms with Crippen LogP contribution in [0.1, 0.15) is 24.0 Å². The van der Waals surface area contributed by atoms with Gasteiger partial charge < -0.3 is 20.0 Å². The third-order valence-electron chi connectivity index (χ3n) is 6.57. The zero-order chi connectivity index (χ0) is 27.1. The Labute approximate surface area is 231 Å². The number of rotatable bonds is 7. The fraction of sp³-hybridized carbons (Fsp3) is 0.154. The molecule has 0 saturated carbocycles. The van der Waals surface area contributed by atoms with Gasteiger partial charge in [-0.25, -0.2) is 4.98 Å². The van der Waals surface area contributed by atoms with E-state index >= 15 is 0 Å². The third-order valence-corrected chi connectivity index (χ3v) is 7.08. The van der Waals surface area contributed by atoms with Crippen LogP contribution in [-0.4, -0.2) is 52.4 Å². The number of aryl methyl sites for hydroxylation is 1. The number of benzene rings is 2. The maximum atomic E-state index is 13.5. The number of tetrazole rings is 1. The molecule has 13 heteroatoms. The number of carboxylic acids is 1. The van der Waals surface area contributed by atoms with Gasteiger partial charge in [-0.3, -0.25) is 9.59 Å². The number of halogens is 2. The molecular weight excluding hydrogens is 543 g/mol. The van der Waals surface area contributed by atoms with Crippen molar-refractivity contribution in [1.82, 2.24) is 34.7 Å². The quantitative estimate of drug-likeness (QED) is 0.267. The topological polar surface area (TPSA) is 144 Å². The largest absolute Gasteiger partial charge is 0.480 e. The van der Waals surface area contributed by atoms with Gasteiger partial charge in [0.15, 0.2) is 0 Å². The normalized spacial score (nSPS) is 14.4. The molecule has 4 heterocycles. The predicted molar refractivity (Wildman–Crippen MR) is 145 cm³/mol. The van der Waals surface area contributed by atoms with E-state index in [1.165, 1.54) is 11.0 Å². The molecule has 5 aromatic rings. The van der Waals surface area contributed by atoms with Gasteiger partial charge in [-0.15, -0.1) is 5.10 Å². The van der Waals surface area contributed by atoms with Crippen LogP contribution < -0.4 is 10.9 Å². The molecule has 0 spiro atoms. The van der Waals surface area contributed by atoms with Gasteiger partial charge in [-0.05, 0) is 65.2 Å². The van der Waals surface area contributed by atoms with E-state index in [4.69, 9.17) is 33.3 Å². The molecule has 6 rings (SSSR count). The van der Waals surface area contributed by atoms with Crippen molar-refractivity contribution in [3.8, 4) is 28.1 Å². The minimum absolute atomic E-state index is 0.179. The molecule has 1 atom stereocenters. The number of aromatic nitrogens is 7. The molecule has 11 nitrogen and oxygen atoms in total. The van der Waals surface area contributed by atoms with E-state index in [9.17, 15) is 9.59 Å². The molecule has 1 aliphatic heterocycles. The number of hydrogen-bond acceptors (Lipinski definition) is 7. The minimum Gasteiger partial charge on any atom is -0.480 e. The van der Waals surface area contributed by atoms with E-state index in [2.05, 4.69) is 25.8 Å². The van der Waals surface area contributed by atoms with Gasteiger partial charge in [-0.1, -0.05) is 35.3 Å². The number of imidazole rings is 1. The smallest absolute Gasteiger partial charge is 0.322 e. The highest BCUT2D eigenvalue weighted by Gasteiger charge is 2.29. The summed E-state index contributed by atoms with van der Waals surface area (Å²) >= 11 is 12.8. The number of H-pyrrole nitrogens is 1. The number of nitrogens with one attached hydrogen (secondary N) is 2. The molecule has 0 unspecified atom stereocenters. The van der Waals surface area contributed by atoms with Crippen LogP contribution in [0.5, 0.6) is 0 Å². The first kappa shape index (κ1) is 24.8. The standard InChI is InChI=1S/C26H20Cl2N8O3/c27-16-4-6-20(35-13-30-33-34-35)19(11-16)15-9-18-5-7-21(36(18)22(37)10-15)26-31-24(25(28)32-26)14-2-1-3-17(8-14)29-12-23(38)39/h1-4,6,8-11,13,21,29H,5,7,12H2,(H,31,32)(H,38,39)/t21-/m0/s1. The van der Waals surface area contributed by atoms with Crippen LogP contribution >= 0.6 is 23.2 Å². The van der Waals surface area contributed by atoms with Gasteiger partial charge >= 0.3 is 5.97 Å². The molecule has 39 heavy (non-hydrogen) atoms. The number of nitrogens with zero attached hydrogens (tertiary/aromatic N) is 6. The Kier molecular flexibility index (Phi) is 6.37. The van der Waals surface area contributed by atoms with Crippen LogP contribution in [0.15, 0.2) is 65.7 Å². The van der Waals surface area contributed by atoms with Crippen molar-refractivity contribution in [3.05, 3.63) is 93.0 Å². The lowest BCUT2D eigenvalue weighted by Gasteiger charge is -2.15. The van der Waals surface area contributed by atoms with Crippen molar-refractivity contribution < 1.29 is 9.90 Å². The highest BCUT2D eigenvalue weighted by Crippen LogP contribution is 2.36. The lowest BCUT2D eigenvalue weighted by molar-refractivity contribution is -0.134. The maximum Gasteiger partial charge on any atom is 0.322 e. The molecule has 0 radical (unpaired) electrons. The van der Waals surface area contributed by atoms with Crippen LogP contribution in [0.2, 0.25) is 10.2 Å². The predicted octanol–water partition coefficient (Wildman–Crippen LogP) is 4.22. The van der Waals surface area contributed by atoms with Gasteiger partial charge in [0.2, 0.25) is 0 Å². The number of pyridine rings is 1. The summed E-state index contributed by atoms with van der Waals surface area (Å²) in [4.78, 5) is 32.2. The maximum absolute atomic E-state index is 13.5. The van der Waals surface area contributed by atoms with Crippen LogP contribution in [-0.2, 0) is 11.2 Å². The molecule has 0 fully saturated rings. The molecule has 0 aliphatic carbocycles. The fourth-order valence-electron chi connectivity index (χ4n) is 4.89. The van der Waals surface area contributed by atoms with Gasteiger partial charge in [0.05, 0.1) is 11.7 Å². The second kappa shape index (κ2) is 10.0. The van der Waals surface area contributed by atoms with Crippen molar-refractivity contribution >= 4 is 34.9 Å². The molecule has 0 saturated heterocycles. The molecule has 2 aromatic carbocycles. The Morgan fingerprint density at radius 2 is 2.00 bits per heavy atom. The summed E-state index contributed by atoms with van der Waals surface area (Å²) in [5.74, 6) is -0.388. The average Bonchev–Trinajstić information content (AvgIpc) is 3.68. The highest BCUT2D eigenvalue weighted by atomic mass is 35.5. The Hall–Kier alpha value is -4.48. The third kappa shape index (κ3) is 4.77. The van der Waals surface area contributed by atoms with Crippen molar-refractivity contribution in [3.63, 3.8) is 0 Å². The number of aliphatic carboxylic acids is 1. The molecule has 3 N–H and O–H groups in total. The first-order valence-corrected chi connectivity index (χ1v) is 12.7. The Balaban J connectivity index is 1.35. The van der Waals surface area contributed by atoms with Gasteiger partial charge in [0, 0.05) is 33.6 Å². The molecule has 1 aliphatic rings. The lowest BCUT2D eigenvalue weighted by atomic mass is 10.0. The number of aromatic amines is 1. The molecule has 0 bridgehead atoms. The van der Waals surface area contributed by atoms with Crippen molar-refractivity contribution in [2.24, 2.45) is 0 Å². The number of hydrogen-bond donors (Lipinski definition) is 3. The lowest BCUT2D eigenvalue weighted by Crippen LogP contribution is -2.24. The molecular formula is C26H20Cl2N8O3. The van der Waals surface area contributed by atoms with Crippen LogP contribution in [0.4, 0.5) is 5.69 Å². The summed E-state index contributed by atoms with van der Waals surface area (Å²) in [5, 5.41) is 24.1. The van der Waals surface area contributed by atoms with E-state index in [1.807, 2.05) is 12.1 Å². The minimum atomic E-state index is -0.962. The van der Waals surface area contributed by atoms with Gasteiger partial charge in [0.1, 0.15) is 29.5 Å². The van der Waals surface area contributed by atoms with Gasteiger partial charge in [0.25, 0.3) is 5.56 Å². The molecule has 3 aromatic heterocycles. The monoisotopic (exact) mass is 562 g/mol. The molecule has 0 amide bonds. The Morgan fingerprint density at radius 3 is 2.79 bits per heavy atom. The number of anilines is 1. The average molecular weight is 563 g/mol. The van der Waals surface area contributed by atoms with Gasteiger partial charge in [-0.2, -0.15) is 4.68 Å². The Bertz CT molecular complexity index is 1760. The van der Waals surface area contributed by atoms with Crippen molar-refractivity contribution in [1.29, 1.82) is 0 Å². The Morgan fingerprint density at radius 1 is 1.13 bits per heavy atom. The summed E-state index contributed by atoms with van der Waals surface area (Å²) < 4.78 is 3.26. The summed E-state index contributed by atoms with van der Waals surface area (Å²) in [6, 6.07) is 15.7. The van der Waals surface area contributed by atoms with E-state index in [-0.39, 0.29) is 18.1 Å². The van der Waals surface area contributed by atoms with Crippen molar-refractivity contribution in [2.45, 2.75) is 18.9 Å². The number of carboxylic acid groups (broad SMARTS) is 1. The summed E-state index contributed by atoms with van der Waals surface area (Å²) in [7, 11) is 0. The summed E-state index contributed by atoms with van der Waals surface area (Å²) in [6.45, 7) is -0.209. The van der Waals surface area contributed by atoms with E-state index in [1.54, 1.807) is 47.0 Å². The zero-order valence-corrected chi connectivity index (χ0v) is 21.7. The molecule has 196 valence electrons. The second-order valence-corrected chi connectivity index (χ2v) is 9.84. The number of fused-ring (bicyclic) bond motifs is 1. The zero-order valence-electron chi connectivity index (χ0n) is 20.2. The van der Waals surface area contributed by atoms with E-state index in [0.717, 1.165) is 16.8 Å². The number of carbonyl (C=O) groups is 1. The SMILES string of the molecule is O=C(O)CNc1cccc(-c2nc([C@@H]3CCc4cc(-c5cc(Cl)ccc5-n5cnnn5)cc(=O)n43)[nH]c2Cl)c1. The highest BCUT2D eigenvalue weighted by molar-refractivity contribution is 6.32. The van der Waals surface area contributed by atoms with E-state index in [0.29, 0.717) is 51.5 Å². The summed E-state index contributed by atoms with van der Waals surface area (Å²) in [6.07, 6.45) is 2.81. The fourth-order valence-corrected chi connectivity index (χ4v) is 5.31. The first-order chi connectivity index (χ1) is 18.9. The second-order valence-electron chi connectivity index (χ2n) is 9.03. The van der Waals surface area contributed by atoms with Crippen LogP contribution in [0.3, 0.4) is 0 Å². The van der Waals surface area contributed by atoms with E-state index < -0.39 is 5.97 Å². The first-order valence-electron chi connectivity index (χ1n) is 12.0. The van der Waals surface area contributed by atoms with Crippen LogP contribution in [0, 0.1) is 0 Å².